The van der Waals surface area contributed by atoms with E-state index in [1.165, 1.54) is 17.0 Å². The molecule has 0 fully saturated rings. The van der Waals surface area contributed by atoms with E-state index in [-0.39, 0.29) is 5.56 Å². The van der Waals surface area contributed by atoms with Gasteiger partial charge in [0.05, 0.1) is 18.1 Å². The minimum atomic E-state index is -0.127. The molecule has 0 aliphatic heterocycles. The van der Waals surface area contributed by atoms with E-state index in [2.05, 4.69) is 9.97 Å². The summed E-state index contributed by atoms with van der Waals surface area (Å²) in [5.41, 5.74) is 2.41. The van der Waals surface area contributed by atoms with Crippen LogP contribution in [0.5, 0.6) is 0 Å². The topological polar surface area (TPSA) is 47.8 Å². The van der Waals surface area contributed by atoms with Gasteiger partial charge in [-0.1, -0.05) is 23.7 Å². The summed E-state index contributed by atoms with van der Waals surface area (Å²) in [6.07, 6.45) is 6.39. The number of nitrogens with zero attached hydrogens (tertiary/aromatic N) is 3. The lowest BCUT2D eigenvalue weighted by atomic mass is 10.1. The normalized spacial score (nSPS) is 10.4. The van der Waals surface area contributed by atoms with Gasteiger partial charge in [-0.2, -0.15) is 0 Å². The van der Waals surface area contributed by atoms with Crippen LogP contribution < -0.4 is 5.56 Å². The van der Waals surface area contributed by atoms with Crippen LogP contribution in [0.25, 0.3) is 16.8 Å². The van der Waals surface area contributed by atoms with Gasteiger partial charge in [0.2, 0.25) is 0 Å². The van der Waals surface area contributed by atoms with Crippen molar-refractivity contribution in [3.63, 3.8) is 0 Å². The molecule has 0 saturated heterocycles. The number of rotatable bonds is 2. The van der Waals surface area contributed by atoms with Gasteiger partial charge in [0.1, 0.15) is 6.33 Å². The summed E-state index contributed by atoms with van der Waals surface area (Å²) >= 11 is 5.88. The molecule has 20 heavy (non-hydrogen) atoms. The number of benzene rings is 1. The Labute approximate surface area is 120 Å². The molecule has 0 aliphatic carbocycles. The van der Waals surface area contributed by atoms with Crippen LogP contribution in [0, 0.1) is 0 Å². The Morgan fingerprint density at radius 1 is 0.900 bits per heavy atom. The molecule has 0 saturated carbocycles. The Morgan fingerprint density at radius 3 is 2.25 bits per heavy atom. The predicted octanol–water partition coefficient (Wildman–Crippen LogP) is 2.95. The Morgan fingerprint density at radius 2 is 1.55 bits per heavy atom. The molecule has 0 unspecified atom stereocenters. The summed E-state index contributed by atoms with van der Waals surface area (Å²) < 4.78 is 1.52. The van der Waals surface area contributed by atoms with Gasteiger partial charge in [0, 0.05) is 17.3 Å². The molecule has 3 rings (SSSR count). The van der Waals surface area contributed by atoms with Crippen LogP contribution in [0.15, 0.2) is 66.1 Å². The van der Waals surface area contributed by atoms with Crippen LogP contribution in [-0.2, 0) is 0 Å². The lowest BCUT2D eigenvalue weighted by Gasteiger charge is -2.07. The van der Waals surface area contributed by atoms with Crippen LogP contribution in [0.4, 0.5) is 0 Å². The van der Waals surface area contributed by atoms with Crippen LogP contribution >= 0.6 is 11.6 Å². The zero-order valence-electron chi connectivity index (χ0n) is 10.4. The Hall–Kier alpha value is -2.46. The molecule has 1 aromatic carbocycles. The van der Waals surface area contributed by atoms with Crippen molar-refractivity contribution in [2.45, 2.75) is 0 Å². The van der Waals surface area contributed by atoms with Gasteiger partial charge in [0.15, 0.2) is 0 Å². The van der Waals surface area contributed by atoms with Gasteiger partial charge in [-0.3, -0.25) is 9.36 Å². The molecular weight excluding hydrogens is 274 g/mol. The van der Waals surface area contributed by atoms with Gasteiger partial charge in [-0.15, -0.1) is 0 Å². The molecule has 3 aromatic rings. The van der Waals surface area contributed by atoms with Gasteiger partial charge < -0.3 is 0 Å². The third-order valence-corrected chi connectivity index (χ3v) is 3.17. The average molecular weight is 284 g/mol. The first-order valence-electron chi connectivity index (χ1n) is 5.98. The fraction of sp³-hybridized carbons (Fsp3) is 0. The number of hydrogen-bond donors (Lipinski definition) is 0. The van der Waals surface area contributed by atoms with E-state index in [4.69, 9.17) is 11.6 Å². The molecule has 0 aliphatic rings. The van der Waals surface area contributed by atoms with Gasteiger partial charge in [0.25, 0.3) is 5.56 Å². The Balaban J connectivity index is 2.12. The van der Waals surface area contributed by atoms with Crippen molar-refractivity contribution in [2.24, 2.45) is 0 Å². The van der Waals surface area contributed by atoms with E-state index < -0.39 is 0 Å². The largest absolute Gasteiger partial charge is 0.281 e. The van der Waals surface area contributed by atoms with Crippen molar-refractivity contribution in [3.05, 3.63) is 76.7 Å². The van der Waals surface area contributed by atoms with Crippen LogP contribution in [0.2, 0.25) is 5.02 Å². The maximum Gasteiger partial charge on any atom is 0.255 e. The van der Waals surface area contributed by atoms with Gasteiger partial charge in [-0.05, 0) is 29.3 Å². The molecule has 0 amide bonds. The highest BCUT2D eigenvalue weighted by Gasteiger charge is 2.04. The molecule has 0 N–H and O–H groups in total. The number of hydrogen-bond acceptors (Lipinski definition) is 3. The molecule has 0 bridgehead atoms. The third kappa shape index (κ3) is 2.46. The first-order chi connectivity index (χ1) is 9.74. The van der Waals surface area contributed by atoms with Gasteiger partial charge >= 0.3 is 0 Å². The molecule has 2 aromatic heterocycles. The maximum atomic E-state index is 11.9. The Kier molecular flexibility index (Phi) is 3.31. The quantitative estimate of drug-likeness (QED) is 0.726. The lowest BCUT2D eigenvalue weighted by molar-refractivity contribution is 0.959. The standard InChI is InChI=1S/C15H10ClN3O/c16-13-4-1-11(2-5-13)12-3-6-15(20)19(9-12)14-7-17-10-18-8-14/h1-10H. The molecule has 98 valence electrons. The van der Waals surface area contributed by atoms with Crippen LogP contribution in [-0.4, -0.2) is 14.5 Å². The fourth-order valence-corrected chi connectivity index (χ4v) is 2.04. The van der Waals surface area contributed by atoms with Crippen molar-refractivity contribution < 1.29 is 0 Å². The highest BCUT2D eigenvalue weighted by molar-refractivity contribution is 6.30. The van der Waals surface area contributed by atoms with E-state index in [0.29, 0.717) is 10.7 Å². The molecular formula is C15H10ClN3O. The van der Waals surface area contributed by atoms with Crippen LogP contribution in [0.1, 0.15) is 0 Å². The minimum Gasteiger partial charge on any atom is -0.281 e. The zero-order valence-corrected chi connectivity index (χ0v) is 11.2. The Bertz CT molecular complexity index is 782. The highest BCUT2D eigenvalue weighted by Crippen LogP contribution is 2.20. The third-order valence-electron chi connectivity index (χ3n) is 2.91. The molecule has 5 heteroatoms. The highest BCUT2D eigenvalue weighted by atomic mass is 35.5. The zero-order chi connectivity index (χ0) is 13.9. The van der Waals surface area contributed by atoms with E-state index in [1.54, 1.807) is 24.7 Å². The SMILES string of the molecule is O=c1ccc(-c2ccc(Cl)cc2)cn1-c1cncnc1. The summed E-state index contributed by atoms with van der Waals surface area (Å²) in [6, 6.07) is 10.8. The summed E-state index contributed by atoms with van der Waals surface area (Å²) in [4.78, 5) is 19.8. The second-order valence-electron chi connectivity index (χ2n) is 4.23. The maximum absolute atomic E-state index is 11.9. The van der Waals surface area contributed by atoms with Crippen molar-refractivity contribution in [3.8, 4) is 16.8 Å². The monoisotopic (exact) mass is 283 g/mol. The average Bonchev–Trinajstić information content (AvgIpc) is 2.50. The van der Waals surface area contributed by atoms with Gasteiger partial charge in [-0.25, -0.2) is 9.97 Å². The lowest BCUT2D eigenvalue weighted by Crippen LogP contribution is -2.16. The molecule has 0 atom stereocenters. The van der Waals surface area contributed by atoms with E-state index >= 15 is 0 Å². The first-order valence-corrected chi connectivity index (χ1v) is 6.36. The van der Waals surface area contributed by atoms with Crippen molar-refractivity contribution in [1.29, 1.82) is 0 Å². The van der Waals surface area contributed by atoms with E-state index in [9.17, 15) is 4.79 Å². The van der Waals surface area contributed by atoms with Crippen LogP contribution in [0.3, 0.4) is 0 Å². The number of halogens is 1. The van der Waals surface area contributed by atoms with Crippen molar-refractivity contribution in [1.82, 2.24) is 14.5 Å². The first kappa shape index (κ1) is 12.6. The second kappa shape index (κ2) is 5.27. The summed E-state index contributed by atoms with van der Waals surface area (Å²) in [7, 11) is 0. The summed E-state index contributed by atoms with van der Waals surface area (Å²) in [6.45, 7) is 0. The number of aromatic nitrogens is 3. The van der Waals surface area contributed by atoms with E-state index in [1.807, 2.05) is 24.3 Å². The summed E-state index contributed by atoms with van der Waals surface area (Å²) in [5.74, 6) is 0. The molecule has 2 heterocycles. The molecule has 0 spiro atoms. The number of pyridine rings is 1. The predicted molar refractivity (Wildman–Crippen MR) is 78.1 cm³/mol. The smallest absolute Gasteiger partial charge is 0.255 e. The molecule has 0 radical (unpaired) electrons. The van der Waals surface area contributed by atoms with E-state index in [0.717, 1.165) is 11.1 Å². The minimum absolute atomic E-state index is 0.127. The fourth-order valence-electron chi connectivity index (χ4n) is 1.92. The molecule has 4 nitrogen and oxygen atoms in total. The van der Waals surface area contributed by atoms with Crippen molar-refractivity contribution >= 4 is 11.6 Å². The van der Waals surface area contributed by atoms with Crippen molar-refractivity contribution in [2.75, 3.05) is 0 Å². The summed E-state index contributed by atoms with van der Waals surface area (Å²) in [5, 5.41) is 0.679. The second-order valence-corrected chi connectivity index (χ2v) is 4.67.